The molecule has 1 aliphatic rings. The maximum atomic E-state index is 13.9. The number of rotatable bonds is 8. The van der Waals surface area contributed by atoms with E-state index in [2.05, 4.69) is 10.6 Å². The molecule has 0 bridgehead atoms. The van der Waals surface area contributed by atoms with Crippen molar-refractivity contribution in [1.29, 1.82) is 0 Å². The average Bonchev–Trinajstić information content (AvgIpc) is 3.04. The fraction of sp³-hybridized carbons (Fsp3) is 0.286. The number of aldehydes is 1. The molecular formula is C28H30N4O5. The number of methoxy groups -OCH3 is 1. The first-order valence-electron chi connectivity index (χ1n) is 12.0. The Kier molecular flexibility index (Phi) is 7.54. The van der Waals surface area contributed by atoms with Crippen molar-refractivity contribution in [3.63, 3.8) is 0 Å². The summed E-state index contributed by atoms with van der Waals surface area (Å²) in [4.78, 5) is 52.0. The Hall–Kier alpha value is -4.24. The number of carbonyl (C=O) groups excluding carboxylic acids is 4. The summed E-state index contributed by atoms with van der Waals surface area (Å²) >= 11 is 0. The molecule has 0 saturated carbocycles. The molecular weight excluding hydrogens is 472 g/mol. The number of primary amides is 1. The van der Waals surface area contributed by atoms with E-state index in [0.717, 1.165) is 11.3 Å². The topological polar surface area (TPSA) is 131 Å². The average molecular weight is 503 g/mol. The zero-order chi connectivity index (χ0) is 26.7. The van der Waals surface area contributed by atoms with Gasteiger partial charge in [-0.15, -0.1) is 0 Å². The Morgan fingerprint density at radius 1 is 1.16 bits per heavy atom. The molecule has 2 atom stereocenters. The van der Waals surface area contributed by atoms with Crippen molar-refractivity contribution < 1.29 is 23.9 Å². The van der Waals surface area contributed by atoms with Crippen LogP contribution in [0, 0.1) is 0 Å². The number of hydrogen-bond donors (Lipinski definition) is 3. The molecule has 1 heterocycles. The largest absolute Gasteiger partial charge is 0.496 e. The van der Waals surface area contributed by atoms with Gasteiger partial charge in [0.2, 0.25) is 17.7 Å². The molecule has 0 spiro atoms. The summed E-state index contributed by atoms with van der Waals surface area (Å²) in [6, 6.07) is 13.1. The highest BCUT2D eigenvalue weighted by molar-refractivity contribution is 6.10. The Morgan fingerprint density at radius 3 is 2.57 bits per heavy atom. The van der Waals surface area contributed by atoms with Crippen LogP contribution in [-0.4, -0.2) is 50.2 Å². The van der Waals surface area contributed by atoms with Crippen LogP contribution in [0.4, 0.5) is 5.69 Å². The third kappa shape index (κ3) is 4.90. The normalized spacial score (nSPS) is 16.0. The van der Waals surface area contributed by atoms with Crippen molar-refractivity contribution in [2.75, 3.05) is 19.1 Å². The highest BCUT2D eigenvalue weighted by Gasteiger charge is 2.33. The zero-order valence-electron chi connectivity index (χ0n) is 21.0. The number of hydrogen-bond acceptors (Lipinski definition) is 6. The van der Waals surface area contributed by atoms with Gasteiger partial charge in [0.05, 0.1) is 25.3 Å². The minimum absolute atomic E-state index is 0.122. The third-order valence-electron chi connectivity index (χ3n) is 6.92. The van der Waals surface area contributed by atoms with Crippen LogP contribution in [0.15, 0.2) is 48.5 Å². The monoisotopic (exact) mass is 502 g/mol. The van der Waals surface area contributed by atoms with Gasteiger partial charge in [-0.1, -0.05) is 24.3 Å². The maximum absolute atomic E-state index is 13.9. The Labute approximate surface area is 215 Å². The number of fused-ring (bicyclic) bond motifs is 2. The van der Waals surface area contributed by atoms with Crippen LogP contribution in [0.25, 0.3) is 10.8 Å². The molecule has 4 rings (SSSR count). The molecule has 3 aromatic carbocycles. The van der Waals surface area contributed by atoms with Crippen LogP contribution in [0.2, 0.25) is 0 Å². The third-order valence-corrected chi connectivity index (χ3v) is 6.92. The van der Waals surface area contributed by atoms with Crippen molar-refractivity contribution >= 4 is 40.5 Å². The molecule has 0 unspecified atom stereocenters. The molecule has 0 aliphatic carbocycles. The second-order valence-electron chi connectivity index (χ2n) is 9.01. The number of benzene rings is 3. The van der Waals surface area contributed by atoms with E-state index in [0.29, 0.717) is 41.2 Å². The molecule has 4 N–H and O–H groups in total. The molecule has 192 valence electrons. The minimum Gasteiger partial charge on any atom is -0.496 e. The van der Waals surface area contributed by atoms with Crippen molar-refractivity contribution in [1.82, 2.24) is 10.6 Å². The summed E-state index contributed by atoms with van der Waals surface area (Å²) in [6.07, 6.45) is 1.68. The molecule has 0 fully saturated rings. The fourth-order valence-corrected chi connectivity index (χ4v) is 4.77. The van der Waals surface area contributed by atoms with Gasteiger partial charge >= 0.3 is 0 Å². The number of anilines is 1. The van der Waals surface area contributed by atoms with Crippen LogP contribution in [0.3, 0.4) is 0 Å². The van der Waals surface area contributed by atoms with Crippen LogP contribution in [-0.2, 0) is 22.6 Å². The summed E-state index contributed by atoms with van der Waals surface area (Å²) in [5, 5.41) is 6.98. The molecule has 1 aliphatic heterocycles. The molecule has 0 aromatic heterocycles. The summed E-state index contributed by atoms with van der Waals surface area (Å²) < 4.78 is 5.64. The lowest BCUT2D eigenvalue weighted by Gasteiger charge is -2.28. The predicted octanol–water partition coefficient (Wildman–Crippen LogP) is 2.33. The van der Waals surface area contributed by atoms with Crippen molar-refractivity contribution in [2.45, 2.75) is 38.4 Å². The number of likely N-dealkylation sites (N-methyl/N-ethyl adjacent to an activating group) is 1. The quantitative estimate of drug-likeness (QED) is 0.405. The van der Waals surface area contributed by atoms with Crippen LogP contribution >= 0.6 is 0 Å². The molecule has 3 aromatic rings. The number of carbonyl (C=O) groups is 4. The highest BCUT2D eigenvalue weighted by Crippen LogP contribution is 2.35. The van der Waals surface area contributed by atoms with E-state index in [-0.39, 0.29) is 29.5 Å². The number of amides is 3. The lowest BCUT2D eigenvalue weighted by molar-refractivity contribution is -0.128. The van der Waals surface area contributed by atoms with Crippen molar-refractivity contribution in [3.05, 3.63) is 70.8 Å². The predicted molar refractivity (Wildman–Crippen MR) is 141 cm³/mol. The van der Waals surface area contributed by atoms with Gasteiger partial charge in [-0.3, -0.25) is 19.2 Å². The number of aryl methyl sites for hydroxylation is 1. The van der Waals surface area contributed by atoms with Crippen molar-refractivity contribution in [3.8, 4) is 5.75 Å². The van der Waals surface area contributed by atoms with Gasteiger partial charge in [-0.05, 0) is 67.4 Å². The molecule has 37 heavy (non-hydrogen) atoms. The van der Waals surface area contributed by atoms with Gasteiger partial charge in [0.25, 0.3) is 0 Å². The van der Waals surface area contributed by atoms with Gasteiger partial charge < -0.3 is 26.0 Å². The smallest absolute Gasteiger partial charge is 0.249 e. The highest BCUT2D eigenvalue weighted by atomic mass is 16.5. The van der Waals surface area contributed by atoms with E-state index >= 15 is 0 Å². The van der Waals surface area contributed by atoms with E-state index in [1.165, 1.54) is 13.2 Å². The van der Waals surface area contributed by atoms with E-state index in [1.54, 1.807) is 37.1 Å². The SMILES string of the molecule is CN[C@@H](C)C(=O)N[C@H]1CCc2ccccc2N(Cc2c(OC)ccc3c(C=O)c(C(N)=O)ccc23)C1=O. The molecule has 9 nitrogen and oxygen atoms in total. The van der Waals surface area contributed by atoms with Crippen molar-refractivity contribution in [2.24, 2.45) is 5.73 Å². The summed E-state index contributed by atoms with van der Waals surface area (Å²) in [5.74, 6) is -0.684. The van der Waals surface area contributed by atoms with E-state index in [9.17, 15) is 19.2 Å². The first kappa shape index (κ1) is 25.8. The number of nitrogens with zero attached hydrogens (tertiary/aromatic N) is 1. The lowest BCUT2D eigenvalue weighted by atomic mass is 9.95. The van der Waals surface area contributed by atoms with E-state index in [4.69, 9.17) is 10.5 Å². The van der Waals surface area contributed by atoms with Crippen LogP contribution in [0.1, 0.15) is 45.2 Å². The number of nitrogens with one attached hydrogen (secondary N) is 2. The minimum atomic E-state index is -0.719. The number of para-hydroxylation sites is 1. The van der Waals surface area contributed by atoms with Crippen LogP contribution in [0.5, 0.6) is 5.75 Å². The molecule has 9 heteroatoms. The van der Waals surface area contributed by atoms with Crippen LogP contribution < -0.4 is 26.0 Å². The Balaban J connectivity index is 1.84. The first-order chi connectivity index (χ1) is 17.8. The van der Waals surface area contributed by atoms with Gasteiger partial charge in [-0.25, -0.2) is 0 Å². The van der Waals surface area contributed by atoms with Gasteiger partial charge in [0.15, 0.2) is 6.29 Å². The maximum Gasteiger partial charge on any atom is 0.249 e. The second-order valence-corrected chi connectivity index (χ2v) is 9.01. The summed E-state index contributed by atoms with van der Waals surface area (Å²) in [7, 11) is 3.22. The lowest BCUT2D eigenvalue weighted by Crippen LogP contribution is -2.52. The Morgan fingerprint density at radius 2 is 1.89 bits per heavy atom. The number of ether oxygens (including phenoxy) is 1. The van der Waals surface area contributed by atoms with Gasteiger partial charge in [0.1, 0.15) is 11.8 Å². The standard InChI is InChI=1S/C28H30N4O5/c1-16(30-2)27(35)31-23-12-8-17-6-4-5-7-24(17)32(28(23)36)14-21-18-9-10-20(26(29)34)22(15-33)19(18)11-13-25(21)37-3/h4-7,9-11,13,15-16,23,30H,8,12,14H2,1-3H3,(H2,29,34)(H,31,35)/t16-,23-/m0/s1. The van der Waals surface area contributed by atoms with E-state index < -0.39 is 18.0 Å². The molecule has 0 saturated heterocycles. The fourth-order valence-electron chi connectivity index (χ4n) is 4.77. The van der Waals surface area contributed by atoms with Gasteiger partial charge in [-0.2, -0.15) is 0 Å². The zero-order valence-corrected chi connectivity index (χ0v) is 21.0. The molecule has 3 amide bonds. The molecule has 0 radical (unpaired) electrons. The summed E-state index contributed by atoms with van der Waals surface area (Å²) in [6.45, 7) is 1.85. The first-order valence-corrected chi connectivity index (χ1v) is 12.0. The number of nitrogens with two attached hydrogens (primary N) is 1. The van der Waals surface area contributed by atoms with Gasteiger partial charge in [0, 0.05) is 16.8 Å². The Bertz CT molecular complexity index is 1390. The summed E-state index contributed by atoms with van der Waals surface area (Å²) in [5.41, 5.74) is 8.18. The van der Waals surface area contributed by atoms with E-state index in [1.807, 2.05) is 24.3 Å². The second kappa shape index (κ2) is 10.8.